The number of carboxylic acid groups (broad SMARTS) is 3. The number of carbonyl (C=O) groups excluding carboxylic acids is 6. The number of ether oxygens (including phenoxy) is 3. The fourth-order valence-electron chi connectivity index (χ4n) is 5.94. The molecule has 3 atom stereocenters. The quantitative estimate of drug-likeness (QED) is 0.0418. The van der Waals surface area contributed by atoms with Gasteiger partial charge < -0.3 is 61.4 Å². The summed E-state index contributed by atoms with van der Waals surface area (Å²) < 4.78 is 19.8. The number of aromatic nitrogens is 9. The van der Waals surface area contributed by atoms with Gasteiger partial charge >= 0.3 is 36.2 Å². The van der Waals surface area contributed by atoms with Gasteiger partial charge in [-0.05, 0) is 62.3 Å². The van der Waals surface area contributed by atoms with Gasteiger partial charge in [-0.2, -0.15) is 0 Å². The molecule has 6 amide bonds. The second-order valence-corrected chi connectivity index (χ2v) is 19.3. The highest BCUT2D eigenvalue weighted by Gasteiger charge is 2.29. The van der Waals surface area contributed by atoms with Gasteiger partial charge in [0, 0.05) is 19.6 Å². The molecule has 0 fully saturated rings. The second-order valence-electron chi connectivity index (χ2n) is 19.3. The Morgan fingerprint density at radius 1 is 0.479 bits per heavy atom. The number of aliphatic carboxylic acids is 3. The summed E-state index contributed by atoms with van der Waals surface area (Å²) >= 11 is 0. The molecule has 0 aliphatic carbocycles. The zero-order valence-corrected chi connectivity index (χ0v) is 42.2. The highest BCUT2D eigenvalue weighted by Crippen LogP contribution is 2.10. The first-order valence-corrected chi connectivity index (χ1v) is 22.8. The van der Waals surface area contributed by atoms with Crippen LogP contribution in [-0.2, 0) is 82.2 Å². The molecule has 3 heterocycles. The zero-order chi connectivity index (χ0) is 54.7. The summed E-state index contributed by atoms with van der Waals surface area (Å²) in [7, 11) is 0. The Morgan fingerprint density at radius 3 is 0.945 bits per heavy atom. The Kier molecular flexibility index (Phi) is 21.9. The van der Waals surface area contributed by atoms with Crippen molar-refractivity contribution in [1.29, 1.82) is 0 Å². The van der Waals surface area contributed by atoms with Crippen molar-refractivity contribution in [2.24, 2.45) is 0 Å². The maximum Gasteiger partial charge on any atom is 0.408 e. The fraction of sp³-hybridized carbons (Fsp3) is 0.643. The van der Waals surface area contributed by atoms with Crippen molar-refractivity contribution in [3.05, 3.63) is 35.7 Å². The molecule has 31 heteroatoms. The fourth-order valence-corrected chi connectivity index (χ4v) is 5.94. The van der Waals surface area contributed by atoms with E-state index in [0.29, 0.717) is 56.4 Å². The van der Waals surface area contributed by atoms with Crippen molar-refractivity contribution in [3.8, 4) is 0 Å². The third kappa shape index (κ3) is 24.6. The summed E-state index contributed by atoms with van der Waals surface area (Å²) in [6, 6.07) is -4.65. The Balaban J connectivity index is 1.63. The summed E-state index contributed by atoms with van der Waals surface area (Å²) in [4.78, 5) is 111. The molecule has 0 saturated heterocycles. The summed E-state index contributed by atoms with van der Waals surface area (Å²) in [6.07, 6.45) is 0.0431. The third-order valence-corrected chi connectivity index (χ3v) is 9.23. The topological polar surface area (TPSA) is 410 Å². The molecule has 3 aromatic heterocycles. The van der Waals surface area contributed by atoms with Crippen LogP contribution in [0.3, 0.4) is 0 Å². The molecule has 0 saturated carbocycles. The summed E-state index contributed by atoms with van der Waals surface area (Å²) in [5.41, 5.74) is -1.60. The molecule has 0 radical (unpaired) electrons. The average molecular weight is 1040 g/mol. The summed E-state index contributed by atoms with van der Waals surface area (Å²) in [5, 5.41) is 67.4. The van der Waals surface area contributed by atoms with Crippen LogP contribution >= 0.6 is 0 Å². The zero-order valence-electron chi connectivity index (χ0n) is 42.2. The highest BCUT2D eigenvalue weighted by molar-refractivity contribution is 5.88. The molecule has 0 aliphatic rings. The van der Waals surface area contributed by atoms with Crippen molar-refractivity contribution >= 4 is 53.9 Å². The maximum absolute atomic E-state index is 12.6. The standard InChI is InChI=1S/C42H66N16O15/c1-40(2,3)71-37(68)46-28(34(62)63)16-31(59)43-19-25-22-56(52-49-25)13-10-55(11-14-57-23-26(50-53-57)20-44-32(60)17-29(35(64)65)47-38(69)72-41(4,5)6)12-15-58-24-27(51-54-58)21-45-33(61)18-30(36(66)67)48-39(70)73-42(7,8)9/h22-24,28-30H,10-21H2,1-9H3,(H,43,59)(H,44,60)(H,45,61)(H,46,68)(H,47,69)(H,48,70)(H,62,63)(H,64,65)(H,66,67)/t28-,29-,30-/m0/s1. The molecule has 404 valence electrons. The normalized spacial score (nSPS) is 12.9. The van der Waals surface area contributed by atoms with E-state index in [1.807, 2.05) is 4.90 Å². The van der Waals surface area contributed by atoms with Gasteiger partial charge in [-0.25, -0.2) is 28.8 Å². The lowest BCUT2D eigenvalue weighted by Gasteiger charge is -2.22. The smallest absolute Gasteiger partial charge is 0.408 e. The number of carbonyl (C=O) groups is 9. The van der Waals surface area contributed by atoms with Gasteiger partial charge in [0.1, 0.15) is 52.0 Å². The highest BCUT2D eigenvalue weighted by atomic mass is 16.6. The van der Waals surface area contributed by atoms with Crippen LogP contribution in [0.1, 0.15) is 98.7 Å². The third-order valence-electron chi connectivity index (χ3n) is 9.23. The Bertz CT molecular complexity index is 2120. The minimum absolute atomic E-state index is 0.0995. The number of hydrogen-bond donors (Lipinski definition) is 9. The van der Waals surface area contributed by atoms with E-state index in [1.54, 1.807) is 80.9 Å². The van der Waals surface area contributed by atoms with Gasteiger partial charge in [0.15, 0.2) is 0 Å². The minimum Gasteiger partial charge on any atom is -0.480 e. The van der Waals surface area contributed by atoms with Crippen molar-refractivity contribution in [3.63, 3.8) is 0 Å². The largest absolute Gasteiger partial charge is 0.480 e. The first kappa shape index (κ1) is 59.3. The Labute approximate surface area is 418 Å². The van der Waals surface area contributed by atoms with Crippen LogP contribution in [0.2, 0.25) is 0 Å². The Morgan fingerprint density at radius 2 is 0.726 bits per heavy atom. The monoisotopic (exact) mass is 1030 g/mol. The van der Waals surface area contributed by atoms with Crippen LogP contribution in [0.25, 0.3) is 0 Å². The molecule has 0 bridgehead atoms. The van der Waals surface area contributed by atoms with Crippen LogP contribution in [0.5, 0.6) is 0 Å². The van der Waals surface area contributed by atoms with E-state index in [-0.39, 0.29) is 19.6 Å². The van der Waals surface area contributed by atoms with Gasteiger partial charge in [0.25, 0.3) is 0 Å². The first-order chi connectivity index (χ1) is 33.9. The van der Waals surface area contributed by atoms with Crippen molar-refractivity contribution < 1.29 is 72.7 Å². The van der Waals surface area contributed by atoms with Crippen LogP contribution in [0.4, 0.5) is 14.4 Å². The lowest BCUT2D eigenvalue weighted by molar-refractivity contribution is -0.141. The van der Waals surface area contributed by atoms with Crippen LogP contribution < -0.4 is 31.9 Å². The molecule has 0 aromatic carbocycles. The van der Waals surface area contributed by atoms with Crippen molar-refractivity contribution in [1.82, 2.24) is 81.8 Å². The SMILES string of the molecule is CC(C)(C)OC(=O)N[C@@H](CC(=O)NCc1cn(CCN(CCn2cc(CNC(=O)C[C@H](NC(=O)OC(C)(C)C)C(=O)O)nn2)CCn2cc(CNC(=O)C[C@H](NC(=O)OC(C)(C)C)C(=O)O)nn2)nn1)C(=O)O. The molecule has 31 nitrogen and oxygen atoms in total. The average Bonchev–Trinajstić information content (AvgIpc) is 4.03. The number of hydrogen-bond acceptors (Lipinski definition) is 19. The molecule has 3 aromatic rings. The molecule has 0 spiro atoms. The number of amides is 6. The minimum atomic E-state index is -1.55. The van der Waals surface area contributed by atoms with E-state index in [4.69, 9.17) is 14.2 Å². The lowest BCUT2D eigenvalue weighted by Crippen LogP contribution is -2.46. The predicted octanol–water partition coefficient (Wildman–Crippen LogP) is -0.884. The summed E-state index contributed by atoms with van der Waals surface area (Å²) in [5.74, 6) is -6.34. The molecular formula is C42H66N16O15. The lowest BCUT2D eigenvalue weighted by atomic mass is 10.2. The molecule has 9 N–H and O–H groups in total. The maximum atomic E-state index is 12.6. The van der Waals surface area contributed by atoms with Gasteiger partial charge in [0.05, 0.1) is 77.1 Å². The molecule has 0 unspecified atom stereocenters. The van der Waals surface area contributed by atoms with E-state index in [1.165, 1.54) is 14.0 Å². The van der Waals surface area contributed by atoms with Crippen LogP contribution in [0.15, 0.2) is 18.6 Å². The molecule has 3 rings (SSSR count). The number of carboxylic acids is 3. The van der Waals surface area contributed by atoms with E-state index < -0.39 is 108 Å². The summed E-state index contributed by atoms with van der Waals surface area (Å²) in [6.45, 7) is 16.2. The van der Waals surface area contributed by atoms with E-state index in [0.717, 1.165) is 0 Å². The number of rotatable bonds is 27. The molecule has 73 heavy (non-hydrogen) atoms. The van der Waals surface area contributed by atoms with Gasteiger partial charge in [-0.3, -0.25) is 33.3 Å². The Hall–Kier alpha value is -7.99. The van der Waals surface area contributed by atoms with E-state index in [9.17, 15) is 58.5 Å². The van der Waals surface area contributed by atoms with Crippen LogP contribution in [0, 0.1) is 0 Å². The molecular weight excluding hydrogens is 969 g/mol. The van der Waals surface area contributed by atoms with E-state index >= 15 is 0 Å². The number of alkyl carbamates (subject to hydrolysis) is 3. The number of nitrogens with one attached hydrogen (secondary N) is 6. The predicted molar refractivity (Wildman–Crippen MR) is 248 cm³/mol. The van der Waals surface area contributed by atoms with Crippen molar-refractivity contribution in [2.45, 2.75) is 156 Å². The van der Waals surface area contributed by atoms with Gasteiger partial charge in [-0.1, -0.05) is 15.6 Å². The number of nitrogens with zero attached hydrogens (tertiary/aromatic N) is 10. The van der Waals surface area contributed by atoms with Crippen LogP contribution in [-0.4, -0.2) is 174 Å². The van der Waals surface area contributed by atoms with Gasteiger partial charge in [-0.15, -0.1) is 15.3 Å². The van der Waals surface area contributed by atoms with Gasteiger partial charge in [0.2, 0.25) is 17.7 Å². The second kappa shape index (κ2) is 27.0. The molecule has 0 aliphatic heterocycles. The van der Waals surface area contributed by atoms with E-state index in [2.05, 4.69) is 62.8 Å². The first-order valence-electron chi connectivity index (χ1n) is 22.8. The van der Waals surface area contributed by atoms with Crippen molar-refractivity contribution in [2.75, 3.05) is 19.6 Å².